The molecule has 1 heterocycles. The van der Waals surface area contributed by atoms with E-state index in [1.165, 1.54) is 11.8 Å². The first kappa shape index (κ1) is 19.0. The second-order valence-corrected chi connectivity index (χ2v) is 6.98. The Balaban J connectivity index is 1.85. The molecular formula is C21H15ClN2O2S. The van der Waals surface area contributed by atoms with Gasteiger partial charge in [-0.05, 0) is 48.5 Å². The molecule has 0 aliphatic rings. The smallest absolute Gasteiger partial charge is 0.173 e. The lowest BCUT2D eigenvalue weighted by molar-refractivity contribution is 0.102. The van der Waals surface area contributed by atoms with Crippen LogP contribution in [0.1, 0.15) is 15.9 Å². The summed E-state index contributed by atoms with van der Waals surface area (Å²) in [6.45, 7) is 0. The standard InChI is InChI=1S/C21H15ClN2O2S/c1-26-20-5-3-2-4-17(20)18-11-8-15(12-23)21(24-18)27-13-19(25)14-6-9-16(22)10-7-14/h2-11H,13H2,1H3. The van der Waals surface area contributed by atoms with Gasteiger partial charge >= 0.3 is 0 Å². The van der Waals surface area contributed by atoms with Gasteiger partial charge in [-0.2, -0.15) is 5.26 Å². The Hall–Kier alpha value is -2.81. The number of aromatic nitrogens is 1. The van der Waals surface area contributed by atoms with Crippen molar-refractivity contribution in [2.75, 3.05) is 12.9 Å². The molecule has 0 fully saturated rings. The van der Waals surface area contributed by atoms with Crippen molar-refractivity contribution < 1.29 is 9.53 Å². The molecule has 134 valence electrons. The normalized spacial score (nSPS) is 10.3. The molecule has 1 aromatic heterocycles. The van der Waals surface area contributed by atoms with E-state index in [9.17, 15) is 10.1 Å². The topological polar surface area (TPSA) is 63.0 Å². The maximum absolute atomic E-state index is 12.4. The molecule has 2 aromatic carbocycles. The molecule has 0 spiro atoms. The fourth-order valence-corrected chi connectivity index (χ4v) is 3.49. The number of ketones is 1. The Labute approximate surface area is 166 Å². The summed E-state index contributed by atoms with van der Waals surface area (Å²) in [6, 6.07) is 19.9. The minimum Gasteiger partial charge on any atom is -0.496 e. The first-order chi connectivity index (χ1) is 13.1. The summed E-state index contributed by atoms with van der Waals surface area (Å²) in [4.78, 5) is 17.0. The molecule has 0 saturated carbocycles. The fourth-order valence-electron chi connectivity index (χ4n) is 2.49. The van der Waals surface area contributed by atoms with Crippen molar-refractivity contribution in [3.8, 4) is 23.1 Å². The van der Waals surface area contributed by atoms with Crippen molar-refractivity contribution >= 4 is 29.1 Å². The van der Waals surface area contributed by atoms with Gasteiger partial charge in [0.25, 0.3) is 0 Å². The van der Waals surface area contributed by atoms with Crippen LogP contribution in [0, 0.1) is 11.3 Å². The number of ether oxygens (including phenoxy) is 1. The summed E-state index contributed by atoms with van der Waals surface area (Å²) in [7, 11) is 1.60. The maximum atomic E-state index is 12.4. The highest BCUT2D eigenvalue weighted by molar-refractivity contribution is 8.00. The summed E-state index contributed by atoms with van der Waals surface area (Å²) >= 11 is 7.10. The molecule has 3 aromatic rings. The highest BCUT2D eigenvalue weighted by atomic mass is 35.5. The van der Waals surface area contributed by atoms with Crippen LogP contribution in [0.5, 0.6) is 5.75 Å². The Kier molecular flexibility index (Phi) is 6.12. The molecule has 0 aliphatic carbocycles. The lowest BCUT2D eigenvalue weighted by Gasteiger charge is -2.10. The predicted octanol–water partition coefficient (Wildman–Crippen LogP) is 5.26. The van der Waals surface area contributed by atoms with Gasteiger partial charge in [-0.25, -0.2) is 4.98 Å². The zero-order valence-corrected chi connectivity index (χ0v) is 16.1. The molecule has 3 rings (SSSR count). The molecular weight excluding hydrogens is 380 g/mol. The molecule has 0 aliphatic heterocycles. The third-order valence-electron chi connectivity index (χ3n) is 3.87. The van der Waals surface area contributed by atoms with E-state index in [0.717, 1.165) is 5.56 Å². The van der Waals surface area contributed by atoms with E-state index in [2.05, 4.69) is 11.1 Å². The molecule has 0 saturated heterocycles. The summed E-state index contributed by atoms with van der Waals surface area (Å²) in [5.74, 6) is 0.826. The van der Waals surface area contributed by atoms with Crippen LogP contribution in [-0.4, -0.2) is 23.6 Å². The van der Waals surface area contributed by atoms with Gasteiger partial charge in [-0.3, -0.25) is 4.79 Å². The zero-order valence-electron chi connectivity index (χ0n) is 14.5. The molecule has 0 atom stereocenters. The number of hydrogen-bond donors (Lipinski definition) is 0. The number of benzene rings is 2. The SMILES string of the molecule is COc1ccccc1-c1ccc(C#N)c(SCC(=O)c2ccc(Cl)cc2)n1. The summed E-state index contributed by atoms with van der Waals surface area (Å²) in [6.07, 6.45) is 0. The van der Waals surface area contributed by atoms with Gasteiger partial charge in [0.15, 0.2) is 5.78 Å². The summed E-state index contributed by atoms with van der Waals surface area (Å²) < 4.78 is 5.39. The van der Waals surface area contributed by atoms with Crippen LogP contribution in [0.25, 0.3) is 11.3 Å². The van der Waals surface area contributed by atoms with Crippen molar-refractivity contribution in [3.05, 3.63) is 76.8 Å². The number of carbonyl (C=O) groups is 1. The van der Waals surface area contributed by atoms with E-state index in [-0.39, 0.29) is 11.5 Å². The number of nitriles is 1. The number of rotatable bonds is 6. The van der Waals surface area contributed by atoms with E-state index in [4.69, 9.17) is 16.3 Å². The predicted molar refractivity (Wildman–Crippen MR) is 107 cm³/mol. The van der Waals surface area contributed by atoms with E-state index in [1.54, 1.807) is 43.5 Å². The van der Waals surface area contributed by atoms with Crippen LogP contribution < -0.4 is 4.74 Å². The number of halogens is 1. The molecule has 0 unspecified atom stereocenters. The van der Waals surface area contributed by atoms with Crippen molar-refractivity contribution in [1.29, 1.82) is 5.26 Å². The average molecular weight is 395 g/mol. The van der Waals surface area contributed by atoms with Crippen LogP contribution in [-0.2, 0) is 0 Å². The highest BCUT2D eigenvalue weighted by Crippen LogP contribution is 2.31. The number of carbonyl (C=O) groups excluding carboxylic acids is 1. The first-order valence-corrected chi connectivity index (χ1v) is 9.45. The highest BCUT2D eigenvalue weighted by Gasteiger charge is 2.13. The van der Waals surface area contributed by atoms with Crippen molar-refractivity contribution in [3.63, 3.8) is 0 Å². The Bertz CT molecular complexity index is 1010. The van der Waals surface area contributed by atoms with Crippen LogP contribution in [0.4, 0.5) is 0 Å². The number of Topliss-reactive ketones (excluding diaryl/α,β-unsaturated/α-hetero) is 1. The van der Waals surface area contributed by atoms with Gasteiger partial charge in [0.2, 0.25) is 0 Å². The minimum absolute atomic E-state index is 0.0509. The number of hydrogen-bond acceptors (Lipinski definition) is 5. The van der Waals surface area contributed by atoms with Crippen molar-refractivity contribution in [2.45, 2.75) is 5.03 Å². The van der Waals surface area contributed by atoms with Crippen LogP contribution >= 0.6 is 23.4 Å². The van der Waals surface area contributed by atoms with Crippen LogP contribution in [0.2, 0.25) is 5.02 Å². The number of pyridine rings is 1. The molecule has 0 N–H and O–H groups in total. The lowest BCUT2D eigenvalue weighted by Crippen LogP contribution is -2.03. The second-order valence-electron chi connectivity index (χ2n) is 5.58. The molecule has 27 heavy (non-hydrogen) atoms. The minimum atomic E-state index is -0.0509. The molecule has 0 radical (unpaired) electrons. The second kappa shape index (κ2) is 8.72. The van der Waals surface area contributed by atoms with Crippen LogP contribution in [0.3, 0.4) is 0 Å². The van der Waals surface area contributed by atoms with E-state index in [0.29, 0.717) is 32.6 Å². The maximum Gasteiger partial charge on any atom is 0.173 e. The largest absolute Gasteiger partial charge is 0.496 e. The number of nitrogens with zero attached hydrogens (tertiary/aromatic N) is 2. The molecule has 4 nitrogen and oxygen atoms in total. The van der Waals surface area contributed by atoms with Crippen molar-refractivity contribution in [2.24, 2.45) is 0 Å². The monoisotopic (exact) mass is 394 g/mol. The number of para-hydroxylation sites is 1. The molecule has 0 amide bonds. The van der Waals surface area contributed by atoms with E-state index < -0.39 is 0 Å². The number of methoxy groups -OCH3 is 1. The fraction of sp³-hybridized carbons (Fsp3) is 0.0952. The van der Waals surface area contributed by atoms with Gasteiger partial charge < -0.3 is 4.74 Å². The van der Waals surface area contributed by atoms with Crippen LogP contribution in [0.15, 0.2) is 65.7 Å². The third-order valence-corrected chi connectivity index (χ3v) is 5.11. The zero-order chi connectivity index (χ0) is 19.2. The summed E-state index contributed by atoms with van der Waals surface area (Å²) in [5, 5.41) is 10.5. The number of thioether (sulfide) groups is 1. The van der Waals surface area contributed by atoms with Gasteiger partial charge in [-0.1, -0.05) is 35.5 Å². The lowest BCUT2D eigenvalue weighted by atomic mass is 10.1. The van der Waals surface area contributed by atoms with E-state index in [1.807, 2.05) is 24.3 Å². The van der Waals surface area contributed by atoms with Gasteiger partial charge in [0, 0.05) is 16.1 Å². The Morgan fingerprint density at radius 1 is 1.15 bits per heavy atom. The van der Waals surface area contributed by atoms with E-state index >= 15 is 0 Å². The summed E-state index contributed by atoms with van der Waals surface area (Å²) in [5.41, 5.74) is 2.53. The Morgan fingerprint density at radius 2 is 1.89 bits per heavy atom. The van der Waals surface area contributed by atoms with Gasteiger partial charge in [-0.15, -0.1) is 0 Å². The van der Waals surface area contributed by atoms with Crippen molar-refractivity contribution in [1.82, 2.24) is 4.98 Å². The quantitative estimate of drug-likeness (QED) is 0.421. The first-order valence-electron chi connectivity index (χ1n) is 8.08. The molecule has 0 bridgehead atoms. The molecule has 6 heteroatoms. The Morgan fingerprint density at radius 3 is 2.59 bits per heavy atom. The van der Waals surface area contributed by atoms with Gasteiger partial charge in [0.1, 0.15) is 16.8 Å². The van der Waals surface area contributed by atoms with Gasteiger partial charge in [0.05, 0.1) is 24.1 Å². The third kappa shape index (κ3) is 4.48. The average Bonchev–Trinajstić information content (AvgIpc) is 2.72.